The number of aromatic nitrogens is 2. The standard InChI is InChI=1S/C13H11ClF3N3/c14-11-3-9(4-18-7-11)5-19-8-12-2-1-10(6-20-12)13(15,16)17/h1-4,6-7,19H,5,8H2. The van der Waals surface area contributed by atoms with Crippen molar-refractivity contribution in [1.82, 2.24) is 15.3 Å². The van der Waals surface area contributed by atoms with Gasteiger partial charge < -0.3 is 5.32 Å². The van der Waals surface area contributed by atoms with E-state index in [1.54, 1.807) is 12.3 Å². The first kappa shape index (κ1) is 14.7. The topological polar surface area (TPSA) is 37.8 Å². The van der Waals surface area contributed by atoms with Gasteiger partial charge in [0.25, 0.3) is 0 Å². The summed E-state index contributed by atoms with van der Waals surface area (Å²) in [5.74, 6) is 0. The van der Waals surface area contributed by atoms with Crippen molar-refractivity contribution in [2.75, 3.05) is 0 Å². The Balaban J connectivity index is 1.88. The van der Waals surface area contributed by atoms with E-state index in [2.05, 4.69) is 15.3 Å². The minimum atomic E-state index is -4.36. The molecule has 20 heavy (non-hydrogen) atoms. The van der Waals surface area contributed by atoms with E-state index in [0.717, 1.165) is 17.8 Å². The van der Waals surface area contributed by atoms with Crippen LogP contribution < -0.4 is 5.32 Å². The molecule has 106 valence electrons. The maximum Gasteiger partial charge on any atom is 0.417 e. The summed E-state index contributed by atoms with van der Waals surface area (Å²) in [4.78, 5) is 7.71. The molecule has 7 heteroatoms. The third kappa shape index (κ3) is 4.18. The summed E-state index contributed by atoms with van der Waals surface area (Å²) in [6.45, 7) is 0.876. The van der Waals surface area contributed by atoms with E-state index in [9.17, 15) is 13.2 Å². The molecule has 3 nitrogen and oxygen atoms in total. The highest BCUT2D eigenvalue weighted by molar-refractivity contribution is 6.30. The summed E-state index contributed by atoms with van der Waals surface area (Å²) in [6.07, 6.45) is -0.328. The van der Waals surface area contributed by atoms with Gasteiger partial charge in [-0.15, -0.1) is 0 Å². The molecule has 2 rings (SSSR count). The lowest BCUT2D eigenvalue weighted by Gasteiger charge is -2.08. The summed E-state index contributed by atoms with van der Waals surface area (Å²) in [5.41, 5.74) is 0.678. The first-order chi connectivity index (χ1) is 9.45. The molecule has 2 heterocycles. The molecule has 0 unspecified atom stereocenters. The predicted molar refractivity (Wildman–Crippen MR) is 69.0 cm³/mol. The zero-order valence-corrected chi connectivity index (χ0v) is 11.0. The average Bonchev–Trinajstić information content (AvgIpc) is 2.38. The largest absolute Gasteiger partial charge is 0.417 e. The second kappa shape index (κ2) is 6.19. The van der Waals surface area contributed by atoms with Crippen molar-refractivity contribution in [3.63, 3.8) is 0 Å². The molecule has 2 aromatic heterocycles. The molecule has 0 radical (unpaired) electrons. The molecule has 0 aliphatic carbocycles. The minimum Gasteiger partial charge on any atom is -0.307 e. The Morgan fingerprint density at radius 1 is 1.10 bits per heavy atom. The fraction of sp³-hybridized carbons (Fsp3) is 0.231. The van der Waals surface area contributed by atoms with E-state index in [1.165, 1.54) is 12.3 Å². The van der Waals surface area contributed by atoms with Gasteiger partial charge in [-0.05, 0) is 23.8 Å². The Kier molecular flexibility index (Phi) is 4.57. The lowest BCUT2D eigenvalue weighted by molar-refractivity contribution is -0.137. The highest BCUT2D eigenvalue weighted by Crippen LogP contribution is 2.28. The van der Waals surface area contributed by atoms with Gasteiger partial charge in [0, 0.05) is 31.7 Å². The van der Waals surface area contributed by atoms with Crippen molar-refractivity contribution in [3.8, 4) is 0 Å². The molecule has 0 amide bonds. The quantitative estimate of drug-likeness (QED) is 0.940. The molecule has 0 saturated heterocycles. The van der Waals surface area contributed by atoms with Gasteiger partial charge in [0.2, 0.25) is 0 Å². The lowest BCUT2D eigenvalue weighted by atomic mass is 10.2. The smallest absolute Gasteiger partial charge is 0.307 e. The Labute approximate surface area is 118 Å². The molecule has 2 aromatic rings. The maximum atomic E-state index is 12.4. The maximum absolute atomic E-state index is 12.4. The zero-order chi connectivity index (χ0) is 14.6. The molecule has 0 bridgehead atoms. The van der Waals surface area contributed by atoms with Crippen molar-refractivity contribution in [2.45, 2.75) is 19.3 Å². The molecule has 1 N–H and O–H groups in total. The molecule has 0 atom stereocenters. The predicted octanol–water partition coefficient (Wildman–Crippen LogP) is 3.44. The van der Waals surface area contributed by atoms with Crippen LogP contribution in [0.25, 0.3) is 0 Å². The summed E-state index contributed by atoms with van der Waals surface area (Å²) in [5, 5.41) is 3.60. The second-order valence-electron chi connectivity index (χ2n) is 4.15. The van der Waals surface area contributed by atoms with Crippen LogP contribution in [0.3, 0.4) is 0 Å². The van der Waals surface area contributed by atoms with Crippen LogP contribution in [0.5, 0.6) is 0 Å². The number of nitrogens with one attached hydrogen (secondary N) is 1. The Morgan fingerprint density at radius 3 is 2.50 bits per heavy atom. The minimum absolute atomic E-state index is 0.366. The Bertz CT molecular complexity index is 570. The normalized spacial score (nSPS) is 11.6. The summed E-state index contributed by atoms with van der Waals surface area (Å²) in [6, 6.07) is 4.14. The van der Waals surface area contributed by atoms with Gasteiger partial charge in [-0.25, -0.2) is 0 Å². The first-order valence-corrected chi connectivity index (χ1v) is 6.15. The lowest BCUT2D eigenvalue weighted by Crippen LogP contribution is -2.14. The summed E-state index contributed by atoms with van der Waals surface area (Å²) in [7, 11) is 0. The molecule has 0 aliphatic rings. The number of hydrogen-bond acceptors (Lipinski definition) is 3. The van der Waals surface area contributed by atoms with Crippen molar-refractivity contribution < 1.29 is 13.2 Å². The van der Waals surface area contributed by atoms with E-state index in [1.807, 2.05) is 0 Å². The number of alkyl halides is 3. The second-order valence-corrected chi connectivity index (χ2v) is 4.59. The monoisotopic (exact) mass is 301 g/mol. The average molecular weight is 302 g/mol. The van der Waals surface area contributed by atoms with Crippen LogP contribution in [0.1, 0.15) is 16.8 Å². The third-order valence-corrected chi connectivity index (χ3v) is 2.76. The van der Waals surface area contributed by atoms with Crippen molar-refractivity contribution in [2.24, 2.45) is 0 Å². The van der Waals surface area contributed by atoms with E-state index >= 15 is 0 Å². The van der Waals surface area contributed by atoms with Crippen molar-refractivity contribution in [3.05, 3.63) is 58.6 Å². The molecule has 0 fully saturated rings. The van der Waals surface area contributed by atoms with Crippen molar-refractivity contribution in [1.29, 1.82) is 0 Å². The van der Waals surface area contributed by atoms with Crippen LogP contribution in [0, 0.1) is 0 Å². The summed E-state index contributed by atoms with van der Waals surface area (Å²) >= 11 is 5.79. The first-order valence-electron chi connectivity index (χ1n) is 5.77. The zero-order valence-electron chi connectivity index (χ0n) is 10.3. The van der Waals surface area contributed by atoms with Gasteiger partial charge >= 0.3 is 6.18 Å². The third-order valence-electron chi connectivity index (χ3n) is 2.55. The summed E-state index contributed by atoms with van der Waals surface area (Å²) < 4.78 is 37.1. The van der Waals surface area contributed by atoms with Crippen LogP contribution in [-0.4, -0.2) is 9.97 Å². The van der Waals surface area contributed by atoms with Crippen LogP contribution in [0.4, 0.5) is 13.2 Å². The fourth-order valence-corrected chi connectivity index (χ4v) is 1.78. The van der Waals surface area contributed by atoms with E-state index in [-0.39, 0.29) is 0 Å². The highest BCUT2D eigenvalue weighted by Gasteiger charge is 2.30. The SMILES string of the molecule is FC(F)(F)c1ccc(CNCc2cncc(Cl)c2)nc1. The fourth-order valence-electron chi connectivity index (χ4n) is 1.58. The molecule has 0 aromatic carbocycles. The van der Waals surface area contributed by atoms with Crippen LogP contribution >= 0.6 is 11.6 Å². The van der Waals surface area contributed by atoms with E-state index in [0.29, 0.717) is 23.8 Å². The highest BCUT2D eigenvalue weighted by atomic mass is 35.5. The Hall–Kier alpha value is -1.66. The molecular weight excluding hydrogens is 291 g/mol. The number of pyridine rings is 2. The van der Waals surface area contributed by atoms with Gasteiger partial charge in [-0.2, -0.15) is 13.2 Å². The van der Waals surface area contributed by atoms with Crippen LogP contribution in [0.2, 0.25) is 5.02 Å². The molecule has 0 spiro atoms. The van der Waals surface area contributed by atoms with Gasteiger partial charge in [-0.1, -0.05) is 11.6 Å². The number of nitrogens with zero attached hydrogens (tertiary/aromatic N) is 2. The van der Waals surface area contributed by atoms with E-state index in [4.69, 9.17) is 11.6 Å². The van der Waals surface area contributed by atoms with Crippen LogP contribution in [-0.2, 0) is 19.3 Å². The van der Waals surface area contributed by atoms with Crippen LogP contribution in [0.15, 0.2) is 36.8 Å². The van der Waals surface area contributed by atoms with E-state index < -0.39 is 11.7 Å². The van der Waals surface area contributed by atoms with Gasteiger partial charge in [0.05, 0.1) is 16.3 Å². The van der Waals surface area contributed by atoms with Gasteiger partial charge in [0.1, 0.15) is 0 Å². The number of rotatable bonds is 4. The molecule has 0 aliphatic heterocycles. The van der Waals surface area contributed by atoms with Crippen molar-refractivity contribution >= 4 is 11.6 Å². The number of hydrogen-bond donors (Lipinski definition) is 1. The van der Waals surface area contributed by atoms with Gasteiger partial charge in [-0.3, -0.25) is 9.97 Å². The molecule has 0 saturated carbocycles. The Morgan fingerprint density at radius 2 is 1.90 bits per heavy atom. The molecular formula is C13H11ClF3N3. The number of halogens is 4. The van der Waals surface area contributed by atoms with Gasteiger partial charge in [0.15, 0.2) is 0 Å².